The van der Waals surface area contributed by atoms with E-state index in [1.165, 1.54) is 0 Å². The maximum absolute atomic E-state index is 12.8. The first-order chi connectivity index (χ1) is 11.6. The van der Waals surface area contributed by atoms with Crippen LogP contribution < -0.4 is 5.43 Å². The highest BCUT2D eigenvalue weighted by atomic mass is 35.5. The number of para-hydroxylation sites is 1. The average molecular weight is 343 g/mol. The van der Waals surface area contributed by atoms with Crippen molar-refractivity contribution in [2.45, 2.75) is 13.3 Å². The van der Waals surface area contributed by atoms with Gasteiger partial charge < -0.3 is 9.15 Å². The molecular formula is C19H15ClO4. The summed E-state index contributed by atoms with van der Waals surface area (Å²) >= 11 is 5.92. The fraction of sp³-hybridized carbons (Fsp3) is 0.158. The molecule has 0 bridgehead atoms. The fourth-order valence-electron chi connectivity index (χ4n) is 2.53. The lowest BCUT2D eigenvalue weighted by atomic mass is 10.0. The van der Waals surface area contributed by atoms with Crippen LogP contribution in [0.15, 0.2) is 57.7 Å². The van der Waals surface area contributed by atoms with E-state index in [-0.39, 0.29) is 24.0 Å². The topological polar surface area (TPSA) is 56.5 Å². The number of rotatable bonds is 4. The molecule has 1 heterocycles. The standard InChI is InChI=1S/C19H15ClO4/c1-2-23-17(21)11-15-18(22)14-5-3-4-6-16(14)24-19(15)12-7-9-13(20)10-8-12/h3-10H,2,11H2,1H3. The van der Waals surface area contributed by atoms with Crippen LogP contribution in [0.3, 0.4) is 0 Å². The van der Waals surface area contributed by atoms with E-state index in [1.807, 2.05) is 0 Å². The third-order valence-electron chi connectivity index (χ3n) is 3.62. The van der Waals surface area contributed by atoms with Gasteiger partial charge in [0.05, 0.1) is 24.0 Å². The highest BCUT2D eigenvalue weighted by molar-refractivity contribution is 6.30. The van der Waals surface area contributed by atoms with Crippen molar-refractivity contribution >= 4 is 28.5 Å². The zero-order valence-electron chi connectivity index (χ0n) is 13.0. The summed E-state index contributed by atoms with van der Waals surface area (Å²) in [4.78, 5) is 24.7. The molecule has 3 aromatic rings. The summed E-state index contributed by atoms with van der Waals surface area (Å²) in [6.45, 7) is 1.98. The van der Waals surface area contributed by atoms with Crippen LogP contribution >= 0.6 is 11.6 Å². The van der Waals surface area contributed by atoms with E-state index in [9.17, 15) is 9.59 Å². The number of fused-ring (bicyclic) bond motifs is 1. The molecular weight excluding hydrogens is 328 g/mol. The Kier molecular flexibility index (Phi) is 4.67. The molecule has 5 heteroatoms. The highest BCUT2D eigenvalue weighted by Gasteiger charge is 2.19. The molecule has 0 unspecified atom stereocenters. The largest absolute Gasteiger partial charge is 0.466 e. The van der Waals surface area contributed by atoms with Crippen LogP contribution in [0.1, 0.15) is 12.5 Å². The highest BCUT2D eigenvalue weighted by Crippen LogP contribution is 2.27. The van der Waals surface area contributed by atoms with E-state index in [0.29, 0.717) is 27.3 Å². The molecule has 0 radical (unpaired) electrons. The Morgan fingerprint density at radius 2 is 1.83 bits per heavy atom. The van der Waals surface area contributed by atoms with Gasteiger partial charge in [-0.25, -0.2) is 0 Å². The van der Waals surface area contributed by atoms with E-state index in [2.05, 4.69) is 0 Å². The molecule has 0 aliphatic carbocycles. The molecule has 0 aliphatic heterocycles. The molecule has 0 saturated carbocycles. The molecule has 1 aromatic heterocycles. The van der Waals surface area contributed by atoms with Gasteiger partial charge in [-0.15, -0.1) is 0 Å². The first-order valence-corrected chi connectivity index (χ1v) is 7.94. The van der Waals surface area contributed by atoms with Gasteiger partial charge in [0.2, 0.25) is 0 Å². The van der Waals surface area contributed by atoms with E-state index in [0.717, 1.165) is 0 Å². The molecule has 2 aromatic carbocycles. The molecule has 122 valence electrons. The van der Waals surface area contributed by atoms with Gasteiger partial charge in [0, 0.05) is 10.6 Å². The van der Waals surface area contributed by atoms with E-state index >= 15 is 0 Å². The Morgan fingerprint density at radius 3 is 2.54 bits per heavy atom. The van der Waals surface area contributed by atoms with Gasteiger partial charge in [0.15, 0.2) is 5.43 Å². The zero-order valence-corrected chi connectivity index (χ0v) is 13.8. The molecule has 0 fully saturated rings. The van der Waals surface area contributed by atoms with E-state index < -0.39 is 5.97 Å². The molecule has 0 spiro atoms. The zero-order chi connectivity index (χ0) is 17.1. The number of benzene rings is 2. The summed E-state index contributed by atoms with van der Waals surface area (Å²) < 4.78 is 10.9. The van der Waals surface area contributed by atoms with Crippen LogP contribution in [-0.4, -0.2) is 12.6 Å². The SMILES string of the molecule is CCOC(=O)Cc1c(-c2ccc(Cl)cc2)oc2ccccc2c1=O. The van der Waals surface area contributed by atoms with Crippen molar-refractivity contribution in [3.05, 3.63) is 69.3 Å². The van der Waals surface area contributed by atoms with Gasteiger partial charge in [-0.2, -0.15) is 0 Å². The maximum atomic E-state index is 12.8. The Hall–Kier alpha value is -2.59. The third kappa shape index (κ3) is 3.19. The number of carbonyl (C=O) groups is 1. The minimum atomic E-state index is -0.463. The molecule has 0 N–H and O–H groups in total. The number of halogens is 1. The maximum Gasteiger partial charge on any atom is 0.310 e. The number of ether oxygens (including phenoxy) is 1. The van der Waals surface area contributed by atoms with Gasteiger partial charge >= 0.3 is 5.97 Å². The summed E-state index contributed by atoms with van der Waals surface area (Å²) in [6, 6.07) is 13.9. The minimum absolute atomic E-state index is 0.140. The average Bonchev–Trinajstić information content (AvgIpc) is 2.58. The minimum Gasteiger partial charge on any atom is -0.466 e. The van der Waals surface area contributed by atoms with Crippen LogP contribution in [0.2, 0.25) is 5.02 Å². The number of esters is 1. The fourth-order valence-corrected chi connectivity index (χ4v) is 2.66. The van der Waals surface area contributed by atoms with Crippen LogP contribution in [0.25, 0.3) is 22.3 Å². The van der Waals surface area contributed by atoms with Gasteiger partial charge in [0.25, 0.3) is 0 Å². The summed E-state index contributed by atoms with van der Waals surface area (Å²) in [7, 11) is 0. The molecule has 0 amide bonds. The first-order valence-electron chi connectivity index (χ1n) is 7.56. The van der Waals surface area contributed by atoms with Crippen molar-refractivity contribution in [3.63, 3.8) is 0 Å². The van der Waals surface area contributed by atoms with Crippen molar-refractivity contribution in [1.82, 2.24) is 0 Å². The van der Waals surface area contributed by atoms with E-state index in [4.69, 9.17) is 20.8 Å². The molecule has 0 aliphatic rings. The second-order valence-corrected chi connectivity index (χ2v) is 5.66. The summed E-state index contributed by atoms with van der Waals surface area (Å²) in [5.74, 6) is -0.0984. The monoisotopic (exact) mass is 342 g/mol. The second kappa shape index (κ2) is 6.89. The lowest BCUT2D eigenvalue weighted by Crippen LogP contribution is -2.17. The number of hydrogen-bond acceptors (Lipinski definition) is 4. The predicted octanol–water partition coefficient (Wildman–Crippen LogP) is 4.22. The van der Waals surface area contributed by atoms with E-state index in [1.54, 1.807) is 55.5 Å². The Balaban J connectivity index is 2.23. The molecule has 0 saturated heterocycles. The van der Waals surface area contributed by atoms with Gasteiger partial charge in [-0.3, -0.25) is 9.59 Å². The van der Waals surface area contributed by atoms with Crippen molar-refractivity contribution in [1.29, 1.82) is 0 Å². The van der Waals surface area contributed by atoms with Gasteiger partial charge in [0.1, 0.15) is 11.3 Å². The molecule has 4 nitrogen and oxygen atoms in total. The smallest absolute Gasteiger partial charge is 0.310 e. The lowest BCUT2D eigenvalue weighted by Gasteiger charge is -2.10. The van der Waals surface area contributed by atoms with Crippen molar-refractivity contribution in [3.8, 4) is 11.3 Å². The second-order valence-electron chi connectivity index (χ2n) is 5.22. The van der Waals surface area contributed by atoms with Gasteiger partial charge in [-0.05, 0) is 43.3 Å². The summed E-state index contributed by atoms with van der Waals surface area (Å²) in [6.07, 6.45) is -0.140. The van der Waals surface area contributed by atoms with Crippen LogP contribution in [0.4, 0.5) is 0 Å². The van der Waals surface area contributed by atoms with Crippen molar-refractivity contribution in [2.75, 3.05) is 6.61 Å². The Morgan fingerprint density at radius 1 is 1.12 bits per heavy atom. The molecule has 0 atom stereocenters. The quantitative estimate of drug-likeness (QED) is 0.666. The number of carbonyl (C=O) groups excluding carboxylic acids is 1. The normalized spacial score (nSPS) is 10.8. The molecule has 24 heavy (non-hydrogen) atoms. The van der Waals surface area contributed by atoms with Crippen molar-refractivity contribution < 1.29 is 13.9 Å². The Bertz CT molecular complexity index is 942. The summed E-state index contributed by atoms with van der Waals surface area (Å²) in [5, 5.41) is 1.02. The third-order valence-corrected chi connectivity index (χ3v) is 3.88. The summed E-state index contributed by atoms with van der Waals surface area (Å²) in [5.41, 5.74) is 1.21. The van der Waals surface area contributed by atoms with Crippen LogP contribution in [0, 0.1) is 0 Å². The Labute approximate surface area is 143 Å². The first kappa shape index (κ1) is 16.3. The number of hydrogen-bond donors (Lipinski definition) is 0. The lowest BCUT2D eigenvalue weighted by molar-refractivity contribution is -0.142. The molecule has 3 rings (SSSR count). The van der Waals surface area contributed by atoms with Gasteiger partial charge in [-0.1, -0.05) is 23.7 Å². The predicted molar refractivity (Wildman–Crippen MR) is 93.3 cm³/mol. The van der Waals surface area contributed by atoms with Crippen molar-refractivity contribution in [2.24, 2.45) is 0 Å². The van der Waals surface area contributed by atoms with Crippen LogP contribution in [-0.2, 0) is 16.0 Å². The van der Waals surface area contributed by atoms with Crippen LogP contribution in [0.5, 0.6) is 0 Å².